The number of carbonyl (C=O) groups excluding carboxylic acids is 2. The zero-order valence-corrected chi connectivity index (χ0v) is 15.7. The maximum Gasteiger partial charge on any atom is 0.322 e. The molecule has 1 aromatic carbocycles. The van der Waals surface area contributed by atoms with Gasteiger partial charge in [-0.2, -0.15) is 0 Å². The number of likely N-dealkylation sites (tertiary alicyclic amines) is 1. The number of anilines is 2. The summed E-state index contributed by atoms with van der Waals surface area (Å²) in [6.45, 7) is 1.13. The third-order valence-electron chi connectivity index (χ3n) is 4.20. The minimum absolute atomic E-state index is 0.0184. The summed E-state index contributed by atoms with van der Waals surface area (Å²) in [6, 6.07) is 11.4. The first-order valence-corrected chi connectivity index (χ1v) is 10.3. The van der Waals surface area contributed by atoms with Crippen molar-refractivity contribution in [2.45, 2.75) is 17.7 Å². The van der Waals surface area contributed by atoms with Gasteiger partial charge in [0.1, 0.15) is 0 Å². The lowest BCUT2D eigenvalue weighted by molar-refractivity contribution is -0.121. The van der Waals surface area contributed by atoms with Crippen molar-refractivity contribution in [2.75, 3.05) is 30.0 Å². The average molecular weight is 376 g/mol. The Hall–Kier alpha value is -1.99. The van der Waals surface area contributed by atoms with Crippen LogP contribution in [0.1, 0.15) is 12.8 Å². The van der Waals surface area contributed by atoms with Crippen LogP contribution in [0.4, 0.5) is 15.5 Å². The second-order valence-corrected chi connectivity index (χ2v) is 7.68. The SMILES string of the molecule is CSc1ccccc1NC(=O)C1CCCN(C(=O)Nc2cccs2)C1. The third-order valence-corrected chi connectivity index (χ3v) is 5.78. The highest BCUT2D eigenvalue weighted by Gasteiger charge is 2.28. The molecule has 25 heavy (non-hydrogen) atoms. The van der Waals surface area contributed by atoms with E-state index in [4.69, 9.17) is 0 Å². The average Bonchev–Trinajstić information content (AvgIpc) is 3.15. The molecule has 2 aromatic rings. The first-order valence-electron chi connectivity index (χ1n) is 8.20. The Morgan fingerprint density at radius 3 is 2.80 bits per heavy atom. The molecule has 2 N–H and O–H groups in total. The van der Waals surface area contributed by atoms with Crippen molar-refractivity contribution >= 4 is 45.7 Å². The van der Waals surface area contributed by atoms with Crippen molar-refractivity contribution in [3.05, 3.63) is 41.8 Å². The van der Waals surface area contributed by atoms with E-state index in [1.807, 2.05) is 48.0 Å². The van der Waals surface area contributed by atoms with Crippen LogP contribution in [0.3, 0.4) is 0 Å². The summed E-state index contributed by atoms with van der Waals surface area (Å²) in [5.74, 6) is -0.201. The van der Waals surface area contributed by atoms with Crippen molar-refractivity contribution in [1.82, 2.24) is 4.90 Å². The molecule has 7 heteroatoms. The fourth-order valence-corrected chi connectivity index (χ4v) is 4.05. The van der Waals surface area contributed by atoms with E-state index in [1.54, 1.807) is 16.7 Å². The Morgan fingerprint density at radius 1 is 1.20 bits per heavy atom. The number of nitrogens with one attached hydrogen (secondary N) is 2. The van der Waals surface area contributed by atoms with Gasteiger partial charge in [0, 0.05) is 18.0 Å². The monoisotopic (exact) mass is 375 g/mol. The van der Waals surface area contributed by atoms with Crippen LogP contribution in [0, 0.1) is 5.92 Å². The predicted molar refractivity (Wildman–Crippen MR) is 104 cm³/mol. The van der Waals surface area contributed by atoms with E-state index in [0.29, 0.717) is 13.1 Å². The molecule has 0 aliphatic carbocycles. The number of hydrogen-bond acceptors (Lipinski definition) is 4. The lowest BCUT2D eigenvalue weighted by atomic mass is 9.97. The molecule has 3 amide bonds. The largest absolute Gasteiger partial charge is 0.325 e. The zero-order valence-electron chi connectivity index (χ0n) is 14.0. The normalized spacial score (nSPS) is 17.2. The topological polar surface area (TPSA) is 61.4 Å². The van der Waals surface area contributed by atoms with Gasteiger partial charge in [0.05, 0.1) is 16.6 Å². The van der Waals surface area contributed by atoms with Crippen LogP contribution in [-0.4, -0.2) is 36.2 Å². The lowest BCUT2D eigenvalue weighted by Gasteiger charge is -2.32. The number of benzene rings is 1. The second-order valence-electron chi connectivity index (χ2n) is 5.88. The molecular weight excluding hydrogens is 354 g/mol. The minimum atomic E-state index is -0.183. The molecule has 132 valence electrons. The molecule has 1 aromatic heterocycles. The number of nitrogens with zero attached hydrogens (tertiary/aromatic N) is 1. The van der Waals surface area contributed by atoms with Crippen LogP contribution < -0.4 is 10.6 Å². The van der Waals surface area contributed by atoms with Crippen molar-refractivity contribution in [3.63, 3.8) is 0 Å². The van der Waals surface area contributed by atoms with Crippen LogP contribution in [0.25, 0.3) is 0 Å². The van der Waals surface area contributed by atoms with Crippen LogP contribution in [-0.2, 0) is 4.79 Å². The van der Waals surface area contributed by atoms with E-state index in [-0.39, 0.29) is 17.9 Å². The summed E-state index contributed by atoms with van der Waals surface area (Å²) in [6.07, 6.45) is 3.62. The minimum Gasteiger partial charge on any atom is -0.325 e. The maximum atomic E-state index is 12.6. The third kappa shape index (κ3) is 4.55. The standard InChI is InChI=1S/C18H21N3O2S2/c1-24-15-8-3-2-7-14(15)19-17(22)13-6-4-10-21(12-13)18(23)20-16-9-5-11-25-16/h2-3,5,7-9,11,13H,4,6,10,12H2,1H3,(H,19,22)(H,20,23). The second kappa shape index (κ2) is 8.40. The van der Waals surface area contributed by atoms with Gasteiger partial charge in [-0.25, -0.2) is 4.79 Å². The molecule has 1 fully saturated rings. The van der Waals surface area contributed by atoms with Gasteiger partial charge in [0.2, 0.25) is 5.91 Å². The number of para-hydroxylation sites is 1. The maximum absolute atomic E-state index is 12.6. The smallest absolute Gasteiger partial charge is 0.322 e. The van der Waals surface area contributed by atoms with Crippen molar-refractivity contribution in [1.29, 1.82) is 0 Å². The molecule has 3 rings (SSSR count). The number of piperidine rings is 1. The van der Waals surface area contributed by atoms with E-state index in [9.17, 15) is 9.59 Å². The lowest BCUT2D eigenvalue weighted by Crippen LogP contribution is -2.45. The fraction of sp³-hybridized carbons (Fsp3) is 0.333. The molecular formula is C18H21N3O2S2. The van der Waals surface area contributed by atoms with Gasteiger partial charge in [0.15, 0.2) is 0 Å². The van der Waals surface area contributed by atoms with Crippen LogP contribution >= 0.6 is 23.1 Å². The Bertz CT molecular complexity index is 734. The van der Waals surface area contributed by atoms with Crippen LogP contribution in [0.5, 0.6) is 0 Å². The van der Waals surface area contributed by atoms with Gasteiger partial charge >= 0.3 is 6.03 Å². The highest BCUT2D eigenvalue weighted by atomic mass is 32.2. The number of carbonyl (C=O) groups is 2. The number of thioether (sulfide) groups is 1. The number of amides is 3. The number of rotatable bonds is 4. The molecule has 5 nitrogen and oxygen atoms in total. The molecule has 1 aliphatic heterocycles. The molecule has 1 atom stereocenters. The molecule has 2 heterocycles. The van der Waals surface area contributed by atoms with E-state index < -0.39 is 0 Å². The van der Waals surface area contributed by atoms with E-state index in [0.717, 1.165) is 28.4 Å². The first-order chi connectivity index (χ1) is 12.2. The highest BCUT2D eigenvalue weighted by molar-refractivity contribution is 7.98. The Balaban J connectivity index is 1.60. The van der Waals surface area contributed by atoms with Gasteiger partial charge in [-0.05, 0) is 48.7 Å². The van der Waals surface area contributed by atoms with E-state index in [2.05, 4.69) is 10.6 Å². The Labute approximate surface area is 155 Å². The van der Waals surface area contributed by atoms with Gasteiger partial charge in [-0.1, -0.05) is 12.1 Å². The fourth-order valence-electron chi connectivity index (χ4n) is 2.89. The van der Waals surface area contributed by atoms with Crippen molar-refractivity contribution in [3.8, 4) is 0 Å². The molecule has 1 unspecified atom stereocenters. The summed E-state index contributed by atoms with van der Waals surface area (Å²) in [5.41, 5.74) is 0.833. The van der Waals surface area contributed by atoms with Crippen LogP contribution in [0.15, 0.2) is 46.7 Å². The van der Waals surface area contributed by atoms with Gasteiger partial charge in [-0.3, -0.25) is 10.1 Å². The molecule has 0 spiro atoms. The summed E-state index contributed by atoms with van der Waals surface area (Å²) in [5, 5.41) is 8.66. The first kappa shape index (κ1) is 17.8. The van der Waals surface area contributed by atoms with E-state index >= 15 is 0 Å². The Morgan fingerprint density at radius 2 is 2.04 bits per heavy atom. The predicted octanol–water partition coefficient (Wildman–Crippen LogP) is 4.35. The van der Waals surface area contributed by atoms with Crippen molar-refractivity contribution < 1.29 is 9.59 Å². The summed E-state index contributed by atoms with van der Waals surface area (Å²) in [4.78, 5) is 27.8. The molecule has 1 saturated heterocycles. The molecule has 0 saturated carbocycles. The summed E-state index contributed by atoms with van der Waals surface area (Å²) < 4.78 is 0. The van der Waals surface area contributed by atoms with Crippen molar-refractivity contribution in [2.24, 2.45) is 5.92 Å². The summed E-state index contributed by atoms with van der Waals surface area (Å²) >= 11 is 3.09. The van der Waals surface area contributed by atoms with Gasteiger partial charge < -0.3 is 10.2 Å². The van der Waals surface area contributed by atoms with Gasteiger partial charge in [-0.15, -0.1) is 23.1 Å². The molecule has 0 radical (unpaired) electrons. The summed E-state index contributed by atoms with van der Waals surface area (Å²) in [7, 11) is 0. The van der Waals surface area contributed by atoms with E-state index in [1.165, 1.54) is 11.3 Å². The zero-order chi connectivity index (χ0) is 17.6. The Kier molecular flexibility index (Phi) is 5.99. The highest BCUT2D eigenvalue weighted by Crippen LogP contribution is 2.26. The molecule has 0 bridgehead atoms. The quantitative estimate of drug-likeness (QED) is 0.781. The number of thiophene rings is 1. The van der Waals surface area contributed by atoms with Gasteiger partial charge in [0.25, 0.3) is 0 Å². The number of urea groups is 1. The van der Waals surface area contributed by atoms with Crippen LogP contribution in [0.2, 0.25) is 0 Å². The number of hydrogen-bond donors (Lipinski definition) is 2. The molecule has 1 aliphatic rings.